The molecule has 2 fully saturated rings. The highest BCUT2D eigenvalue weighted by Gasteiger charge is 2.40. The molecule has 2 saturated heterocycles. The van der Waals surface area contributed by atoms with Crippen molar-refractivity contribution in [3.8, 4) is 0 Å². The Morgan fingerprint density at radius 3 is 3.00 bits per heavy atom. The van der Waals surface area contributed by atoms with E-state index in [1.165, 1.54) is 6.92 Å². The van der Waals surface area contributed by atoms with Gasteiger partial charge in [-0.3, -0.25) is 0 Å². The van der Waals surface area contributed by atoms with Crippen LogP contribution in [0.1, 0.15) is 19.8 Å². The lowest BCUT2D eigenvalue weighted by Gasteiger charge is -2.13. The van der Waals surface area contributed by atoms with Crippen LogP contribution in [0.5, 0.6) is 0 Å². The van der Waals surface area contributed by atoms with Gasteiger partial charge in [-0.05, 0) is 13.3 Å². The van der Waals surface area contributed by atoms with Crippen molar-refractivity contribution >= 4 is 0 Å². The van der Waals surface area contributed by atoms with Crippen molar-refractivity contribution in [1.82, 2.24) is 0 Å². The lowest BCUT2D eigenvalue weighted by atomic mass is 10.2. The minimum absolute atomic E-state index is 0.161. The molecule has 0 aromatic carbocycles. The summed E-state index contributed by atoms with van der Waals surface area (Å²) < 4.78 is 15.8. The van der Waals surface area contributed by atoms with E-state index in [-0.39, 0.29) is 18.5 Å². The zero-order valence-electron chi connectivity index (χ0n) is 7.06. The lowest BCUT2D eigenvalue weighted by Crippen LogP contribution is -2.19. The topological polar surface area (TPSA) is 47.6 Å². The third kappa shape index (κ3) is 1.61. The summed E-state index contributed by atoms with van der Waals surface area (Å²) in [7, 11) is 0. The SMILES string of the molecule is CC([O])OC1CC2OCCC2O1. The van der Waals surface area contributed by atoms with Gasteiger partial charge in [0.2, 0.25) is 0 Å². The summed E-state index contributed by atoms with van der Waals surface area (Å²) >= 11 is 0. The molecule has 69 valence electrons. The Morgan fingerprint density at radius 1 is 1.50 bits per heavy atom. The molecule has 0 N–H and O–H groups in total. The van der Waals surface area contributed by atoms with Gasteiger partial charge in [0.15, 0.2) is 12.6 Å². The largest absolute Gasteiger partial charge is 0.375 e. The van der Waals surface area contributed by atoms with Crippen molar-refractivity contribution in [2.75, 3.05) is 6.61 Å². The zero-order chi connectivity index (χ0) is 8.55. The molecule has 4 atom stereocenters. The van der Waals surface area contributed by atoms with Gasteiger partial charge in [0.05, 0.1) is 12.2 Å². The monoisotopic (exact) mass is 173 g/mol. The second kappa shape index (κ2) is 3.30. The maximum atomic E-state index is 10.7. The van der Waals surface area contributed by atoms with Crippen LogP contribution in [-0.2, 0) is 19.3 Å². The van der Waals surface area contributed by atoms with Crippen molar-refractivity contribution in [3.63, 3.8) is 0 Å². The van der Waals surface area contributed by atoms with Gasteiger partial charge in [-0.1, -0.05) is 0 Å². The highest BCUT2D eigenvalue weighted by molar-refractivity contribution is 4.83. The Bertz CT molecular complexity index is 147. The first-order valence-corrected chi connectivity index (χ1v) is 4.34. The number of hydrogen-bond acceptors (Lipinski definition) is 3. The summed E-state index contributed by atoms with van der Waals surface area (Å²) in [5.74, 6) is 0. The number of fused-ring (bicyclic) bond motifs is 1. The Morgan fingerprint density at radius 2 is 2.33 bits per heavy atom. The molecule has 12 heavy (non-hydrogen) atoms. The predicted molar refractivity (Wildman–Crippen MR) is 38.9 cm³/mol. The van der Waals surface area contributed by atoms with Crippen molar-refractivity contribution < 1.29 is 19.3 Å². The maximum absolute atomic E-state index is 10.7. The first-order valence-electron chi connectivity index (χ1n) is 4.34. The van der Waals surface area contributed by atoms with Gasteiger partial charge in [-0.25, -0.2) is 5.11 Å². The highest BCUT2D eigenvalue weighted by Crippen LogP contribution is 2.31. The van der Waals surface area contributed by atoms with Crippen molar-refractivity contribution in [2.24, 2.45) is 0 Å². The predicted octanol–water partition coefficient (Wildman–Crippen LogP) is 0.683. The van der Waals surface area contributed by atoms with E-state index >= 15 is 0 Å². The smallest absolute Gasteiger partial charge is 0.191 e. The molecular weight excluding hydrogens is 160 g/mol. The summed E-state index contributed by atoms with van der Waals surface area (Å²) in [6.45, 7) is 2.24. The quantitative estimate of drug-likeness (QED) is 0.577. The van der Waals surface area contributed by atoms with Gasteiger partial charge in [0.1, 0.15) is 0 Å². The van der Waals surface area contributed by atoms with Crippen molar-refractivity contribution in [2.45, 2.75) is 44.6 Å². The number of hydrogen-bond donors (Lipinski definition) is 0. The molecule has 2 rings (SSSR count). The van der Waals surface area contributed by atoms with E-state index in [0.29, 0.717) is 6.42 Å². The minimum Gasteiger partial charge on any atom is -0.375 e. The first kappa shape index (κ1) is 8.44. The maximum Gasteiger partial charge on any atom is 0.191 e. The van der Waals surface area contributed by atoms with E-state index in [1.807, 2.05) is 0 Å². The molecule has 2 heterocycles. The molecule has 0 spiro atoms. The summed E-state index contributed by atoms with van der Waals surface area (Å²) in [4.78, 5) is 0. The molecule has 0 aromatic rings. The Labute approximate surface area is 71.4 Å². The molecule has 4 heteroatoms. The Balaban J connectivity index is 1.82. The average Bonchev–Trinajstić information content (AvgIpc) is 2.43. The van der Waals surface area contributed by atoms with Gasteiger partial charge in [-0.2, -0.15) is 0 Å². The molecule has 0 aromatic heterocycles. The second-order valence-electron chi connectivity index (χ2n) is 3.24. The molecule has 2 aliphatic rings. The normalized spacial score (nSPS) is 43.0. The first-order chi connectivity index (χ1) is 5.75. The van der Waals surface area contributed by atoms with Crippen LogP contribution in [0.15, 0.2) is 0 Å². The second-order valence-corrected chi connectivity index (χ2v) is 3.24. The molecular formula is C8H13O4. The fourth-order valence-electron chi connectivity index (χ4n) is 1.75. The molecule has 2 aliphatic heterocycles. The Hall–Kier alpha value is -0.160. The molecule has 0 aliphatic carbocycles. The summed E-state index contributed by atoms with van der Waals surface area (Å²) in [5, 5.41) is 10.7. The van der Waals surface area contributed by atoms with Gasteiger partial charge in [0, 0.05) is 13.0 Å². The summed E-state index contributed by atoms with van der Waals surface area (Å²) in [5.41, 5.74) is 0. The van der Waals surface area contributed by atoms with E-state index in [2.05, 4.69) is 0 Å². The van der Waals surface area contributed by atoms with E-state index in [9.17, 15) is 5.11 Å². The number of rotatable bonds is 2. The fraction of sp³-hybridized carbons (Fsp3) is 1.00. The third-order valence-corrected chi connectivity index (χ3v) is 2.24. The third-order valence-electron chi connectivity index (χ3n) is 2.24. The molecule has 0 saturated carbocycles. The van der Waals surface area contributed by atoms with E-state index in [0.717, 1.165) is 13.0 Å². The van der Waals surface area contributed by atoms with Crippen LogP contribution in [-0.4, -0.2) is 31.4 Å². The van der Waals surface area contributed by atoms with Gasteiger partial charge >= 0.3 is 0 Å². The number of ether oxygens (including phenoxy) is 3. The Kier molecular flexibility index (Phi) is 2.32. The van der Waals surface area contributed by atoms with Crippen LogP contribution < -0.4 is 0 Å². The summed E-state index contributed by atoms with van der Waals surface area (Å²) in [6.07, 6.45) is 0.610. The van der Waals surface area contributed by atoms with Crippen LogP contribution in [0.25, 0.3) is 0 Å². The minimum atomic E-state index is -1.01. The van der Waals surface area contributed by atoms with Crippen molar-refractivity contribution in [1.29, 1.82) is 0 Å². The highest BCUT2D eigenvalue weighted by atomic mass is 16.7. The molecule has 4 unspecified atom stereocenters. The van der Waals surface area contributed by atoms with Crippen LogP contribution in [0.3, 0.4) is 0 Å². The fourth-order valence-corrected chi connectivity index (χ4v) is 1.75. The summed E-state index contributed by atoms with van der Waals surface area (Å²) in [6, 6.07) is 0. The van der Waals surface area contributed by atoms with Crippen LogP contribution in [0.2, 0.25) is 0 Å². The van der Waals surface area contributed by atoms with Gasteiger partial charge < -0.3 is 14.2 Å². The van der Waals surface area contributed by atoms with E-state index < -0.39 is 6.29 Å². The lowest BCUT2D eigenvalue weighted by molar-refractivity contribution is -0.233. The van der Waals surface area contributed by atoms with E-state index in [4.69, 9.17) is 14.2 Å². The van der Waals surface area contributed by atoms with Crippen LogP contribution in [0, 0.1) is 0 Å². The molecule has 0 bridgehead atoms. The van der Waals surface area contributed by atoms with Crippen LogP contribution >= 0.6 is 0 Å². The zero-order valence-corrected chi connectivity index (χ0v) is 7.06. The van der Waals surface area contributed by atoms with Crippen LogP contribution in [0.4, 0.5) is 0 Å². The molecule has 0 amide bonds. The van der Waals surface area contributed by atoms with Gasteiger partial charge in [0.25, 0.3) is 0 Å². The van der Waals surface area contributed by atoms with Gasteiger partial charge in [-0.15, -0.1) is 0 Å². The molecule has 4 nitrogen and oxygen atoms in total. The van der Waals surface area contributed by atoms with Crippen molar-refractivity contribution in [3.05, 3.63) is 0 Å². The average molecular weight is 173 g/mol. The standard InChI is InChI=1S/C8H13O4/c1-5(9)11-8-4-7-6(12-8)2-3-10-7/h5-8H,2-4H2,1H3. The van der Waals surface area contributed by atoms with E-state index in [1.54, 1.807) is 0 Å². The molecule has 1 radical (unpaired) electrons.